The van der Waals surface area contributed by atoms with Gasteiger partial charge in [0.2, 0.25) is 0 Å². The van der Waals surface area contributed by atoms with Gasteiger partial charge in [-0.05, 0) is 43.0 Å². The van der Waals surface area contributed by atoms with E-state index in [-0.39, 0.29) is 24.0 Å². The zero-order valence-electron chi connectivity index (χ0n) is 15.8. The highest BCUT2D eigenvalue weighted by molar-refractivity contribution is 14.0. The van der Waals surface area contributed by atoms with Crippen molar-refractivity contribution in [3.05, 3.63) is 22.4 Å². The number of hydrogen-bond acceptors (Lipinski definition) is 3. The normalized spacial score (nSPS) is 17.8. The van der Waals surface area contributed by atoms with E-state index in [1.165, 1.54) is 30.6 Å². The van der Waals surface area contributed by atoms with Gasteiger partial charge in [-0.15, -0.1) is 35.3 Å². The van der Waals surface area contributed by atoms with Gasteiger partial charge in [0, 0.05) is 44.1 Å². The molecule has 2 rings (SSSR count). The molecular formula is C19H34IN3OS. The van der Waals surface area contributed by atoms with Gasteiger partial charge < -0.3 is 15.4 Å². The molecule has 1 unspecified atom stereocenters. The summed E-state index contributed by atoms with van der Waals surface area (Å²) in [6.07, 6.45) is 6.44. The summed E-state index contributed by atoms with van der Waals surface area (Å²) in [5.41, 5.74) is 0.381. The van der Waals surface area contributed by atoms with Crippen LogP contribution in [0.25, 0.3) is 0 Å². The molecule has 0 radical (unpaired) electrons. The molecule has 1 aromatic heterocycles. The Hall–Kier alpha value is -0.340. The molecule has 0 amide bonds. The lowest BCUT2D eigenvalue weighted by atomic mass is 9.83. The van der Waals surface area contributed by atoms with Crippen molar-refractivity contribution < 1.29 is 4.74 Å². The molecule has 1 saturated carbocycles. The molecule has 144 valence electrons. The zero-order chi connectivity index (χ0) is 17.3. The molecule has 2 N–H and O–H groups in total. The van der Waals surface area contributed by atoms with Crippen LogP contribution >= 0.6 is 35.3 Å². The van der Waals surface area contributed by atoms with Crippen molar-refractivity contribution in [3.8, 4) is 0 Å². The van der Waals surface area contributed by atoms with Gasteiger partial charge in [0.15, 0.2) is 5.96 Å². The number of ether oxygens (including phenoxy) is 1. The Morgan fingerprint density at radius 3 is 2.72 bits per heavy atom. The fourth-order valence-electron chi connectivity index (χ4n) is 3.49. The molecule has 0 bridgehead atoms. The van der Waals surface area contributed by atoms with Crippen LogP contribution in [0, 0.1) is 5.41 Å². The summed E-state index contributed by atoms with van der Waals surface area (Å²) in [4.78, 5) is 5.81. The highest BCUT2D eigenvalue weighted by Crippen LogP contribution is 2.40. The number of thiophene rings is 1. The minimum atomic E-state index is 0. The summed E-state index contributed by atoms with van der Waals surface area (Å²) in [6.45, 7) is 7.92. The predicted octanol–water partition coefficient (Wildman–Crippen LogP) is 4.62. The van der Waals surface area contributed by atoms with E-state index >= 15 is 0 Å². The molecule has 1 aliphatic carbocycles. The maximum atomic E-state index is 5.60. The van der Waals surface area contributed by atoms with Gasteiger partial charge in [0.25, 0.3) is 0 Å². The second-order valence-electron chi connectivity index (χ2n) is 6.88. The molecule has 1 heterocycles. The van der Waals surface area contributed by atoms with Crippen LogP contribution < -0.4 is 10.6 Å². The molecule has 1 aliphatic rings. The molecule has 0 aliphatic heterocycles. The Kier molecular flexibility index (Phi) is 11.0. The largest absolute Gasteiger partial charge is 0.382 e. The van der Waals surface area contributed by atoms with Crippen LogP contribution in [0.4, 0.5) is 0 Å². The summed E-state index contributed by atoms with van der Waals surface area (Å²) in [6, 6.07) is 4.32. The third kappa shape index (κ3) is 7.43. The number of guanidine groups is 1. The maximum absolute atomic E-state index is 5.60. The average molecular weight is 479 g/mol. The van der Waals surface area contributed by atoms with Gasteiger partial charge in [0.05, 0.1) is 0 Å². The van der Waals surface area contributed by atoms with Crippen molar-refractivity contribution in [2.75, 3.05) is 33.4 Å². The molecule has 1 aromatic rings. The molecule has 0 saturated heterocycles. The van der Waals surface area contributed by atoms with Crippen LogP contribution in [-0.4, -0.2) is 39.3 Å². The number of halogens is 1. The molecule has 25 heavy (non-hydrogen) atoms. The first-order valence-corrected chi connectivity index (χ1v) is 10.1. The summed E-state index contributed by atoms with van der Waals surface area (Å²) >= 11 is 1.82. The molecule has 1 fully saturated rings. The van der Waals surface area contributed by atoms with Crippen molar-refractivity contribution in [2.24, 2.45) is 10.4 Å². The third-order valence-corrected chi connectivity index (χ3v) is 6.21. The van der Waals surface area contributed by atoms with Crippen LogP contribution in [0.5, 0.6) is 0 Å². The van der Waals surface area contributed by atoms with Gasteiger partial charge in [-0.3, -0.25) is 4.99 Å². The minimum Gasteiger partial charge on any atom is -0.382 e. The van der Waals surface area contributed by atoms with Crippen LogP contribution in [0.15, 0.2) is 22.5 Å². The second-order valence-corrected chi connectivity index (χ2v) is 7.86. The van der Waals surface area contributed by atoms with Crippen molar-refractivity contribution in [3.63, 3.8) is 0 Å². The minimum absolute atomic E-state index is 0. The van der Waals surface area contributed by atoms with E-state index < -0.39 is 0 Å². The zero-order valence-corrected chi connectivity index (χ0v) is 19.0. The maximum Gasteiger partial charge on any atom is 0.191 e. The van der Waals surface area contributed by atoms with E-state index in [9.17, 15) is 0 Å². The van der Waals surface area contributed by atoms with E-state index in [1.54, 1.807) is 0 Å². The van der Waals surface area contributed by atoms with Crippen molar-refractivity contribution in [2.45, 2.75) is 51.9 Å². The van der Waals surface area contributed by atoms with Crippen LogP contribution in [0.3, 0.4) is 0 Å². The smallest absolute Gasteiger partial charge is 0.191 e. The van der Waals surface area contributed by atoms with E-state index in [1.807, 2.05) is 18.4 Å². The number of nitrogens with zero attached hydrogens (tertiary/aromatic N) is 1. The molecule has 4 nitrogen and oxygen atoms in total. The summed E-state index contributed by atoms with van der Waals surface area (Å²) in [5.74, 6) is 1.42. The Bertz CT molecular complexity index is 487. The summed E-state index contributed by atoms with van der Waals surface area (Å²) in [5, 5.41) is 9.19. The monoisotopic (exact) mass is 479 g/mol. The van der Waals surface area contributed by atoms with E-state index in [0.717, 1.165) is 38.7 Å². The number of aliphatic imine (C=N–C) groups is 1. The molecule has 0 spiro atoms. The second kappa shape index (κ2) is 12.1. The number of rotatable bonds is 9. The SMILES string of the molecule is CCOCCC1(CNC(=NC)NCC(C)c2cccs2)CCCC1.I. The molecule has 6 heteroatoms. The Morgan fingerprint density at radius 1 is 1.36 bits per heavy atom. The quantitative estimate of drug-likeness (QED) is 0.235. The van der Waals surface area contributed by atoms with E-state index in [0.29, 0.717) is 11.3 Å². The van der Waals surface area contributed by atoms with Gasteiger partial charge in [-0.2, -0.15) is 0 Å². The van der Waals surface area contributed by atoms with Gasteiger partial charge in [-0.1, -0.05) is 25.8 Å². The summed E-state index contributed by atoms with van der Waals surface area (Å²) < 4.78 is 5.60. The first-order chi connectivity index (χ1) is 11.7. The topological polar surface area (TPSA) is 45.6 Å². The highest BCUT2D eigenvalue weighted by Gasteiger charge is 2.33. The van der Waals surface area contributed by atoms with Crippen LogP contribution in [-0.2, 0) is 4.74 Å². The highest BCUT2D eigenvalue weighted by atomic mass is 127. The first kappa shape index (κ1) is 22.7. The Labute approximate surface area is 174 Å². The van der Waals surface area contributed by atoms with Crippen LogP contribution in [0.1, 0.15) is 56.7 Å². The summed E-state index contributed by atoms with van der Waals surface area (Å²) in [7, 11) is 1.85. The van der Waals surface area contributed by atoms with E-state index in [4.69, 9.17) is 4.74 Å². The third-order valence-electron chi connectivity index (χ3n) is 5.10. The fourth-order valence-corrected chi connectivity index (χ4v) is 4.27. The van der Waals surface area contributed by atoms with Crippen molar-refractivity contribution in [1.29, 1.82) is 0 Å². The predicted molar refractivity (Wildman–Crippen MR) is 120 cm³/mol. The fraction of sp³-hybridized carbons (Fsp3) is 0.737. The molecular weight excluding hydrogens is 445 g/mol. The molecule has 0 aromatic carbocycles. The lowest BCUT2D eigenvalue weighted by Crippen LogP contribution is -2.44. The van der Waals surface area contributed by atoms with Gasteiger partial charge >= 0.3 is 0 Å². The lowest BCUT2D eigenvalue weighted by molar-refractivity contribution is 0.105. The Balaban J connectivity index is 0.00000312. The number of nitrogens with one attached hydrogen (secondary N) is 2. The van der Waals surface area contributed by atoms with Crippen LogP contribution in [0.2, 0.25) is 0 Å². The molecule has 1 atom stereocenters. The average Bonchev–Trinajstić information content (AvgIpc) is 3.27. The number of hydrogen-bond donors (Lipinski definition) is 2. The first-order valence-electron chi connectivity index (χ1n) is 9.25. The Morgan fingerprint density at radius 2 is 2.12 bits per heavy atom. The van der Waals surface area contributed by atoms with Gasteiger partial charge in [-0.25, -0.2) is 0 Å². The van der Waals surface area contributed by atoms with Crippen molar-refractivity contribution in [1.82, 2.24) is 10.6 Å². The standard InChI is InChI=1S/C19H33N3OS.HI/c1-4-23-12-11-19(9-5-6-10-19)15-22-18(20-3)21-14-16(2)17-8-7-13-24-17;/h7-8,13,16H,4-6,9-12,14-15H2,1-3H3,(H2,20,21,22);1H. The van der Waals surface area contributed by atoms with E-state index in [2.05, 4.69) is 47.0 Å². The van der Waals surface area contributed by atoms with Crippen molar-refractivity contribution >= 4 is 41.3 Å². The van der Waals surface area contributed by atoms with Gasteiger partial charge in [0.1, 0.15) is 0 Å². The lowest BCUT2D eigenvalue weighted by Gasteiger charge is -2.30.